The van der Waals surface area contributed by atoms with E-state index in [1.165, 1.54) is 6.92 Å². The summed E-state index contributed by atoms with van der Waals surface area (Å²) in [5.74, 6) is -0.731. The highest BCUT2D eigenvalue weighted by molar-refractivity contribution is 7.89. The molecule has 0 fully saturated rings. The minimum Gasteiger partial charge on any atom is -0.392 e. The first-order valence-corrected chi connectivity index (χ1v) is 6.14. The van der Waals surface area contributed by atoms with Crippen molar-refractivity contribution in [1.29, 1.82) is 0 Å². The summed E-state index contributed by atoms with van der Waals surface area (Å²) in [4.78, 5) is 3.18. The quantitative estimate of drug-likeness (QED) is 0.757. The van der Waals surface area contributed by atoms with E-state index in [9.17, 15) is 12.8 Å². The van der Waals surface area contributed by atoms with Gasteiger partial charge in [-0.1, -0.05) is 12.2 Å². The smallest absolute Gasteiger partial charge is 0.242 e. The van der Waals surface area contributed by atoms with E-state index in [0.29, 0.717) is 0 Å². The van der Waals surface area contributed by atoms with Gasteiger partial charge in [-0.05, 0) is 13.0 Å². The molecule has 1 aromatic heterocycles. The molecule has 88 valence electrons. The molecule has 3 N–H and O–H groups in total. The third-order valence-electron chi connectivity index (χ3n) is 1.75. The van der Waals surface area contributed by atoms with Crippen LogP contribution < -0.4 is 10.5 Å². The van der Waals surface area contributed by atoms with E-state index in [-0.39, 0.29) is 9.88 Å². The molecule has 1 rings (SSSR count). The molecule has 8 heteroatoms. The summed E-state index contributed by atoms with van der Waals surface area (Å²) < 4.78 is 38.3. The van der Waals surface area contributed by atoms with Crippen LogP contribution in [0.3, 0.4) is 0 Å². The molecule has 0 aromatic carbocycles. The van der Waals surface area contributed by atoms with Crippen LogP contribution in [0.4, 0.5) is 4.39 Å². The van der Waals surface area contributed by atoms with Gasteiger partial charge in [0.05, 0.1) is 17.2 Å². The van der Waals surface area contributed by atoms with Gasteiger partial charge in [-0.2, -0.15) is 0 Å². The molecule has 0 spiro atoms. The van der Waals surface area contributed by atoms with Crippen LogP contribution in [0, 0.1) is 5.82 Å². The van der Waals surface area contributed by atoms with E-state index in [1.54, 1.807) is 0 Å². The van der Waals surface area contributed by atoms with Crippen LogP contribution in [0.25, 0.3) is 0 Å². The number of sulfonamides is 1. The summed E-state index contributed by atoms with van der Waals surface area (Å²) in [6.45, 7) is 1.49. The first-order valence-electron chi connectivity index (χ1n) is 4.25. The van der Waals surface area contributed by atoms with Gasteiger partial charge >= 0.3 is 0 Å². The topological polar surface area (TPSA) is 85.1 Å². The predicted molar refractivity (Wildman–Crippen MR) is 60.8 cm³/mol. The van der Waals surface area contributed by atoms with Crippen LogP contribution in [-0.2, 0) is 10.0 Å². The number of nitrogens with one attached hydrogen (secondary N) is 1. The van der Waals surface area contributed by atoms with Crippen molar-refractivity contribution in [2.75, 3.05) is 0 Å². The molecule has 0 aliphatic rings. The van der Waals surface area contributed by atoms with Crippen molar-refractivity contribution in [2.45, 2.75) is 17.9 Å². The molecule has 0 amide bonds. The minimum absolute atomic E-state index is 0.00735. The summed E-state index contributed by atoms with van der Waals surface area (Å²) in [5.41, 5.74) is 5.27. The molecular weight excluding hydrogens is 253 g/mol. The molecule has 0 radical (unpaired) electrons. The second-order valence-corrected chi connectivity index (χ2v) is 5.27. The van der Waals surface area contributed by atoms with E-state index in [2.05, 4.69) is 21.9 Å². The Labute approximate surface area is 97.9 Å². The van der Waals surface area contributed by atoms with Crippen molar-refractivity contribution in [3.8, 4) is 0 Å². The van der Waals surface area contributed by atoms with Crippen LogP contribution in [0.2, 0.25) is 0 Å². The van der Waals surface area contributed by atoms with Crippen LogP contribution in [0.1, 0.15) is 6.92 Å². The highest BCUT2D eigenvalue weighted by Gasteiger charge is 2.19. The van der Waals surface area contributed by atoms with Crippen LogP contribution in [0.15, 0.2) is 23.4 Å². The third kappa shape index (κ3) is 3.19. The number of nitrogens with two attached hydrogens (primary N) is 1. The standard InChI is InChI=1S/C8H10FN3O2S2/c1-5(8(10)15)12-16(13,14)7-2-6(9)3-11-4-7/h2-5,12H,1H3,(H2,10,15). The molecule has 0 saturated heterocycles. The van der Waals surface area contributed by atoms with Crippen molar-refractivity contribution >= 4 is 27.2 Å². The van der Waals surface area contributed by atoms with E-state index in [4.69, 9.17) is 5.73 Å². The predicted octanol–water partition coefficient (Wildman–Crippen LogP) is 0.174. The fraction of sp³-hybridized carbons (Fsp3) is 0.250. The Hall–Kier alpha value is -1.12. The van der Waals surface area contributed by atoms with Gasteiger partial charge in [-0.15, -0.1) is 0 Å². The van der Waals surface area contributed by atoms with Crippen LogP contribution >= 0.6 is 12.2 Å². The molecule has 0 aliphatic carbocycles. The van der Waals surface area contributed by atoms with Gasteiger partial charge in [0.2, 0.25) is 10.0 Å². The monoisotopic (exact) mass is 263 g/mol. The number of thiocarbonyl (C=S) groups is 1. The summed E-state index contributed by atoms with van der Waals surface area (Å²) in [6.07, 6.45) is 1.95. The minimum atomic E-state index is -3.85. The fourth-order valence-electron chi connectivity index (χ4n) is 0.898. The lowest BCUT2D eigenvalue weighted by Gasteiger charge is -2.12. The molecular formula is C8H10FN3O2S2. The van der Waals surface area contributed by atoms with Gasteiger partial charge in [0.15, 0.2) is 0 Å². The SMILES string of the molecule is CC(NS(=O)(=O)c1cncc(F)c1)C(N)=S. The zero-order valence-corrected chi connectivity index (χ0v) is 9.98. The molecule has 0 bridgehead atoms. The first-order chi connectivity index (χ1) is 7.33. The lowest BCUT2D eigenvalue weighted by molar-refractivity contribution is 0.573. The van der Waals surface area contributed by atoms with E-state index < -0.39 is 21.9 Å². The van der Waals surface area contributed by atoms with Gasteiger partial charge in [0, 0.05) is 6.20 Å². The van der Waals surface area contributed by atoms with Crippen molar-refractivity contribution < 1.29 is 12.8 Å². The van der Waals surface area contributed by atoms with Gasteiger partial charge in [-0.3, -0.25) is 4.98 Å². The molecule has 1 aromatic rings. The largest absolute Gasteiger partial charge is 0.392 e. The summed E-state index contributed by atoms with van der Waals surface area (Å²) in [6, 6.07) is 0.157. The van der Waals surface area contributed by atoms with Crippen molar-refractivity contribution in [1.82, 2.24) is 9.71 Å². The number of nitrogens with zero attached hydrogens (tertiary/aromatic N) is 1. The zero-order chi connectivity index (χ0) is 12.3. The normalized spacial score (nSPS) is 13.4. The summed E-state index contributed by atoms with van der Waals surface area (Å²) >= 11 is 4.62. The van der Waals surface area contributed by atoms with Gasteiger partial charge in [0.25, 0.3) is 0 Å². The lowest BCUT2D eigenvalue weighted by atomic mass is 10.4. The summed E-state index contributed by atoms with van der Waals surface area (Å²) in [7, 11) is -3.85. The number of pyridine rings is 1. The van der Waals surface area contributed by atoms with Crippen molar-refractivity contribution in [3.05, 3.63) is 24.3 Å². The zero-order valence-electron chi connectivity index (χ0n) is 8.34. The number of hydrogen-bond acceptors (Lipinski definition) is 4. The Morgan fingerprint density at radius 1 is 1.62 bits per heavy atom. The van der Waals surface area contributed by atoms with Crippen molar-refractivity contribution in [2.24, 2.45) is 5.73 Å². The second kappa shape index (κ2) is 4.81. The average Bonchev–Trinajstić information content (AvgIpc) is 2.17. The van der Waals surface area contributed by atoms with Gasteiger partial charge in [0.1, 0.15) is 10.7 Å². The van der Waals surface area contributed by atoms with Crippen molar-refractivity contribution in [3.63, 3.8) is 0 Å². The van der Waals surface area contributed by atoms with E-state index in [0.717, 1.165) is 18.5 Å². The number of rotatable bonds is 4. The lowest BCUT2D eigenvalue weighted by Crippen LogP contribution is -2.41. The van der Waals surface area contributed by atoms with Crippen LogP contribution in [-0.4, -0.2) is 24.4 Å². The van der Waals surface area contributed by atoms with Gasteiger partial charge in [-0.25, -0.2) is 17.5 Å². The molecule has 1 heterocycles. The first kappa shape index (κ1) is 12.9. The number of hydrogen-bond donors (Lipinski definition) is 2. The number of halogens is 1. The summed E-state index contributed by atoms with van der Waals surface area (Å²) in [5, 5.41) is 0. The Bertz CT molecular complexity index is 504. The fourth-order valence-corrected chi connectivity index (χ4v) is 2.23. The molecule has 1 unspecified atom stereocenters. The highest BCUT2D eigenvalue weighted by Crippen LogP contribution is 2.08. The molecule has 5 nitrogen and oxygen atoms in total. The van der Waals surface area contributed by atoms with Gasteiger partial charge < -0.3 is 5.73 Å². The maximum Gasteiger partial charge on any atom is 0.242 e. The maximum absolute atomic E-state index is 12.8. The Kier molecular flexibility index (Phi) is 3.89. The Morgan fingerprint density at radius 2 is 2.25 bits per heavy atom. The second-order valence-electron chi connectivity index (χ2n) is 3.08. The highest BCUT2D eigenvalue weighted by atomic mass is 32.2. The maximum atomic E-state index is 12.8. The molecule has 0 saturated carbocycles. The van der Waals surface area contributed by atoms with E-state index >= 15 is 0 Å². The Balaban J connectivity index is 2.99. The molecule has 0 aliphatic heterocycles. The average molecular weight is 263 g/mol. The van der Waals surface area contributed by atoms with Crippen LogP contribution in [0.5, 0.6) is 0 Å². The van der Waals surface area contributed by atoms with E-state index in [1.807, 2.05) is 0 Å². The third-order valence-corrected chi connectivity index (χ3v) is 3.61. The number of aromatic nitrogens is 1. The Morgan fingerprint density at radius 3 is 2.75 bits per heavy atom. The molecule has 16 heavy (non-hydrogen) atoms. The molecule has 1 atom stereocenters.